The molecule has 2 aromatic carbocycles. The molecule has 0 unspecified atom stereocenters. The molecule has 2 N–H and O–H groups in total. The minimum absolute atomic E-state index is 0.380. The molecule has 0 spiro atoms. The van der Waals surface area contributed by atoms with Crippen molar-refractivity contribution in [2.75, 3.05) is 14.2 Å². The van der Waals surface area contributed by atoms with Crippen molar-refractivity contribution >= 4 is 5.97 Å². The Balaban J connectivity index is 1.82. The molecule has 1 aromatic heterocycles. The predicted octanol–water partition coefficient (Wildman–Crippen LogP) is 4.47. The van der Waals surface area contributed by atoms with E-state index in [1.165, 1.54) is 11.1 Å². The van der Waals surface area contributed by atoms with Gasteiger partial charge in [0.05, 0.1) is 19.8 Å². The van der Waals surface area contributed by atoms with Gasteiger partial charge in [0.2, 0.25) is 0 Å². The van der Waals surface area contributed by atoms with Crippen molar-refractivity contribution in [3.63, 3.8) is 0 Å². The number of aromatic carboxylic acids is 1. The van der Waals surface area contributed by atoms with Crippen LogP contribution in [0.1, 0.15) is 44.0 Å². The first-order valence-electron chi connectivity index (χ1n) is 10.2. The SMILES string of the molecule is COc1ccc(CNCc2c(C(=O)O)c(C)n(Cc3ccccc3C)c2C)cc1OC. The molecule has 0 saturated heterocycles. The molecule has 0 aliphatic rings. The molecule has 0 atom stereocenters. The van der Waals surface area contributed by atoms with E-state index in [1.807, 2.05) is 44.2 Å². The molecule has 0 bridgehead atoms. The van der Waals surface area contributed by atoms with Gasteiger partial charge < -0.3 is 24.5 Å². The number of carboxylic acid groups (broad SMARTS) is 1. The van der Waals surface area contributed by atoms with Gasteiger partial charge in [-0.05, 0) is 49.6 Å². The molecule has 0 aliphatic carbocycles. The number of hydrogen-bond acceptors (Lipinski definition) is 4. The second kappa shape index (κ2) is 9.71. The summed E-state index contributed by atoms with van der Waals surface area (Å²) in [6.07, 6.45) is 0. The molecule has 3 aromatic rings. The smallest absolute Gasteiger partial charge is 0.337 e. The highest BCUT2D eigenvalue weighted by atomic mass is 16.5. The van der Waals surface area contributed by atoms with E-state index in [9.17, 15) is 9.90 Å². The number of aromatic nitrogens is 1. The summed E-state index contributed by atoms with van der Waals surface area (Å²) < 4.78 is 12.7. The van der Waals surface area contributed by atoms with Gasteiger partial charge in [-0.2, -0.15) is 0 Å². The van der Waals surface area contributed by atoms with Crippen LogP contribution in [0.2, 0.25) is 0 Å². The van der Waals surface area contributed by atoms with Gasteiger partial charge in [0, 0.05) is 36.6 Å². The van der Waals surface area contributed by atoms with Crippen LogP contribution < -0.4 is 14.8 Å². The molecule has 3 rings (SSSR count). The average molecular weight is 423 g/mol. The summed E-state index contributed by atoms with van der Waals surface area (Å²) in [5.74, 6) is 0.454. The van der Waals surface area contributed by atoms with Crippen LogP contribution in [0.15, 0.2) is 42.5 Å². The number of rotatable bonds is 9. The number of carboxylic acids is 1. The monoisotopic (exact) mass is 422 g/mol. The number of hydrogen-bond donors (Lipinski definition) is 2. The zero-order valence-corrected chi connectivity index (χ0v) is 18.8. The summed E-state index contributed by atoms with van der Waals surface area (Å²) in [4.78, 5) is 12.0. The molecule has 0 saturated carbocycles. The molecular formula is C25H30N2O4. The highest BCUT2D eigenvalue weighted by Crippen LogP contribution is 2.28. The third-order valence-electron chi connectivity index (χ3n) is 5.79. The highest BCUT2D eigenvalue weighted by Gasteiger charge is 2.22. The van der Waals surface area contributed by atoms with Gasteiger partial charge in [-0.1, -0.05) is 30.3 Å². The Hall–Kier alpha value is -3.25. The molecule has 0 fully saturated rings. The minimum atomic E-state index is -0.896. The zero-order valence-electron chi connectivity index (χ0n) is 18.8. The molecule has 0 amide bonds. The van der Waals surface area contributed by atoms with Gasteiger partial charge in [0.15, 0.2) is 11.5 Å². The van der Waals surface area contributed by atoms with Crippen LogP contribution in [0.25, 0.3) is 0 Å². The maximum Gasteiger partial charge on any atom is 0.337 e. The van der Waals surface area contributed by atoms with Crippen LogP contribution in [-0.4, -0.2) is 29.9 Å². The zero-order chi connectivity index (χ0) is 22.5. The number of methoxy groups -OCH3 is 2. The van der Waals surface area contributed by atoms with Crippen LogP contribution in [0, 0.1) is 20.8 Å². The fourth-order valence-corrected chi connectivity index (χ4v) is 3.97. The number of carbonyl (C=O) groups is 1. The largest absolute Gasteiger partial charge is 0.493 e. The summed E-state index contributed by atoms with van der Waals surface area (Å²) >= 11 is 0. The summed E-state index contributed by atoms with van der Waals surface area (Å²) in [6, 6.07) is 13.9. The lowest BCUT2D eigenvalue weighted by molar-refractivity contribution is 0.0694. The molecule has 1 heterocycles. The molecule has 0 radical (unpaired) electrons. The highest BCUT2D eigenvalue weighted by molar-refractivity contribution is 5.91. The Morgan fingerprint density at radius 3 is 2.32 bits per heavy atom. The Morgan fingerprint density at radius 2 is 1.68 bits per heavy atom. The third-order valence-corrected chi connectivity index (χ3v) is 5.79. The van der Waals surface area contributed by atoms with Crippen LogP contribution in [0.3, 0.4) is 0 Å². The summed E-state index contributed by atoms with van der Waals surface area (Å²) in [5.41, 5.74) is 6.35. The first kappa shape index (κ1) is 22.4. The normalized spacial score (nSPS) is 10.9. The standard InChI is InChI=1S/C25H30N2O4/c1-16-8-6-7-9-20(16)15-27-17(2)21(24(18(27)3)25(28)29)14-26-13-19-10-11-22(30-4)23(12-19)31-5/h6-12,26H,13-15H2,1-5H3,(H,28,29). The van der Waals surface area contributed by atoms with E-state index in [0.717, 1.165) is 22.5 Å². The van der Waals surface area contributed by atoms with Crippen molar-refractivity contribution in [1.82, 2.24) is 9.88 Å². The first-order valence-corrected chi connectivity index (χ1v) is 10.2. The lowest BCUT2D eigenvalue weighted by Gasteiger charge is -2.12. The topological polar surface area (TPSA) is 72.7 Å². The van der Waals surface area contributed by atoms with E-state index < -0.39 is 5.97 Å². The Labute approximate surface area is 183 Å². The van der Waals surface area contributed by atoms with E-state index >= 15 is 0 Å². The van der Waals surface area contributed by atoms with Crippen molar-refractivity contribution in [1.29, 1.82) is 0 Å². The van der Waals surface area contributed by atoms with E-state index in [0.29, 0.717) is 36.7 Å². The number of benzene rings is 2. The Kier molecular flexibility index (Phi) is 7.02. The van der Waals surface area contributed by atoms with Gasteiger partial charge in [0.25, 0.3) is 0 Å². The van der Waals surface area contributed by atoms with E-state index in [4.69, 9.17) is 9.47 Å². The Bertz CT molecular complexity index is 1090. The van der Waals surface area contributed by atoms with Crippen LogP contribution in [0.5, 0.6) is 11.5 Å². The fraction of sp³-hybridized carbons (Fsp3) is 0.320. The van der Waals surface area contributed by atoms with Crippen molar-refractivity contribution in [3.05, 3.63) is 81.7 Å². The lowest BCUT2D eigenvalue weighted by Crippen LogP contribution is -2.15. The quantitative estimate of drug-likeness (QED) is 0.532. The van der Waals surface area contributed by atoms with Crippen molar-refractivity contribution < 1.29 is 19.4 Å². The number of aryl methyl sites for hydroxylation is 1. The number of ether oxygens (including phenoxy) is 2. The summed E-state index contributed by atoms with van der Waals surface area (Å²) in [7, 11) is 3.22. The number of nitrogens with one attached hydrogen (secondary N) is 1. The van der Waals surface area contributed by atoms with E-state index in [-0.39, 0.29) is 0 Å². The summed E-state index contributed by atoms with van der Waals surface area (Å²) in [6.45, 7) is 7.65. The molecule has 0 aliphatic heterocycles. The van der Waals surface area contributed by atoms with E-state index in [1.54, 1.807) is 14.2 Å². The molecule has 6 heteroatoms. The fourth-order valence-electron chi connectivity index (χ4n) is 3.97. The van der Waals surface area contributed by atoms with E-state index in [2.05, 4.69) is 28.9 Å². The minimum Gasteiger partial charge on any atom is -0.493 e. The average Bonchev–Trinajstić information content (AvgIpc) is 2.99. The molecular weight excluding hydrogens is 392 g/mol. The van der Waals surface area contributed by atoms with Gasteiger partial charge in [-0.3, -0.25) is 0 Å². The van der Waals surface area contributed by atoms with Gasteiger partial charge in [-0.25, -0.2) is 4.79 Å². The lowest BCUT2D eigenvalue weighted by atomic mass is 10.1. The third kappa shape index (κ3) is 4.75. The molecule has 31 heavy (non-hydrogen) atoms. The van der Waals surface area contributed by atoms with Crippen LogP contribution >= 0.6 is 0 Å². The van der Waals surface area contributed by atoms with Gasteiger partial charge >= 0.3 is 5.97 Å². The number of nitrogens with zero attached hydrogens (tertiary/aromatic N) is 1. The van der Waals surface area contributed by atoms with Gasteiger partial charge in [-0.15, -0.1) is 0 Å². The van der Waals surface area contributed by atoms with Crippen LogP contribution in [0.4, 0.5) is 0 Å². The maximum absolute atomic E-state index is 12.0. The van der Waals surface area contributed by atoms with Crippen molar-refractivity contribution in [2.45, 2.75) is 40.4 Å². The van der Waals surface area contributed by atoms with Gasteiger partial charge in [0.1, 0.15) is 0 Å². The van der Waals surface area contributed by atoms with Crippen molar-refractivity contribution in [2.24, 2.45) is 0 Å². The second-order valence-electron chi connectivity index (χ2n) is 7.64. The molecule has 6 nitrogen and oxygen atoms in total. The second-order valence-corrected chi connectivity index (χ2v) is 7.64. The maximum atomic E-state index is 12.0. The molecule has 164 valence electrons. The predicted molar refractivity (Wildman–Crippen MR) is 121 cm³/mol. The first-order chi connectivity index (χ1) is 14.9. The van der Waals surface area contributed by atoms with Crippen molar-refractivity contribution in [3.8, 4) is 11.5 Å². The van der Waals surface area contributed by atoms with Crippen LogP contribution in [-0.2, 0) is 19.6 Å². The Morgan fingerprint density at radius 1 is 0.968 bits per heavy atom. The summed E-state index contributed by atoms with van der Waals surface area (Å²) in [5, 5.41) is 13.3.